The average Bonchev–Trinajstić information content (AvgIpc) is 3.12. The number of hydrogen-bond acceptors (Lipinski definition) is 4. The first-order valence-electron chi connectivity index (χ1n) is 9.53. The van der Waals surface area contributed by atoms with E-state index in [9.17, 15) is 5.11 Å². The van der Waals surface area contributed by atoms with Gasteiger partial charge in [0.1, 0.15) is 6.10 Å². The van der Waals surface area contributed by atoms with Gasteiger partial charge in [-0.2, -0.15) is 0 Å². The van der Waals surface area contributed by atoms with Crippen LogP contribution < -0.4 is 10.6 Å². The molecular weight excluding hydrogens is 344 g/mol. The first-order valence-corrected chi connectivity index (χ1v) is 10.3. The van der Waals surface area contributed by atoms with E-state index in [4.69, 9.17) is 0 Å². The number of piperidine rings is 1. The molecular formula is C20H30N4OS. The molecule has 1 aliphatic rings. The normalized spacial score (nSPS) is 20.3. The van der Waals surface area contributed by atoms with Crippen molar-refractivity contribution < 1.29 is 5.11 Å². The monoisotopic (exact) mass is 374 g/mol. The fourth-order valence-electron chi connectivity index (χ4n) is 3.53. The molecule has 2 atom stereocenters. The van der Waals surface area contributed by atoms with E-state index in [0.717, 1.165) is 30.5 Å². The molecule has 2 unspecified atom stereocenters. The second-order valence-corrected chi connectivity index (χ2v) is 8.05. The van der Waals surface area contributed by atoms with Gasteiger partial charge in [-0.25, -0.2) is 0 Å². The van der Waals surface area contributed by atoms with Crippen LogP contribution in [0.25, 0.3) is 10.1 Å². The van der Waals surface area contributed by atoms with Crippen molar-refractivity contribution in [2.45, 2.75) is 25.9 Å². The Balaban J connectivity index is 1.47. The van der Waals surface area contributed by atoms with Crippen LogP contribution in [0.5, 0.6) is 0 Å². The summed E-state index contributed by atoms with van der Waals surface area (Å²) < 4.78 is 1.21. The van der Waals surface area contributed by atoms with Gasteiger partial charge in [0.2, 0.25) is 0 Å². The van der Waals surface area contributed by atoms with Crippen LogP contribution in [0.15, 0.2) is 35.3 Å². The Bertz CT molecular complexity index is 696. The van der Waals surface area contributed by atoms with Crippen LogP contribution in [0.4, 0.5) is 0 Å². The van der Waals surface area contributed by atoms with Crippen molar-refractivity contribution in [1.29, 1.82) is 0 Å². The van der Waals surface area contributed by atoms with Gasteiger partial charge in [0, 0.05) is 36.3 Å². The summed E-state index contributed by atoms with van der Waals surface area (Å²) in [5.74, 6) is 1.42. The number of nitrogens with zero attached hydrogens (tertiary/aromatic N) is 2. The van der Waals surface area contributed by atoms with Crippen molar-refractivity contribution in [3.63, 3.8) is 0 Å². The van der Waals surface area contributed by atoms with E-state index in [0.29, 0.717) is 12.5 Å². The lowest BCUT2D eigenvalue weighted by atomic mass is 9.98. The molecule has 3 rings (SSSR count). The van der Waals surface area contributed by atoms with Gasteiger partial charge in [-0.1, -0.05) is 25.1 Å². The summed E-state index contributed by atoms with van der Waals surface area (Å²) in [6.07, 6.45) is 2.01. The number of likely N-dealkylation sites (tertiary alicyclic amines) is 1. The lowest BCUT2D eigenvalue weighted by molar-refractivity contribution is 0.181. The molecule has 1 aromatic heterocycles. The number of thiophene rings is 1. The Morgan fingerprint density at radius 3 is 3.00 bits per heavy atom. The third-order valence-electron chi connectivity index (χ3n) is 5.07. The number of aliphatic hydroxyl groups is 1. The zero-order valence-electron chi connectivity index (χ0n) is 15.7. The number of benzene rings is 1. The number of aliphatic hydroxyl groups excluding tert-OH is 1. The maximum atomic E-state index is 10.5. The molecule has 1 saturated heterocycles. The fourth-order valence-corrected chi connectivity index (χ4v) is 4.58. The third-order valence-corrected chi connectivity index (χ3v) is 6.29. The van der Waals surface area contributed by atoms with Gasteiger partial charge in [0.05, 0.1) is 0 Å². The number of fused-ring (bicyclic) bond motifs is 1. The topological polar surface area (TPSA) is 59.9 Å². The van der Waals surface area contributed by atoms with Crippen LogP contribution in [0.2, 0.25) is 0 Å². The molecule has 142 valence electrons. The Morgan fingerprint density at radius 2 is 2.23 bits per heavy atom. The molecule has 1 aliphatic heterocycles. The highest BCUT2D eigenvalue weighted by atomic mass is 32.1. The average molecular weight is 375 g/mol. The van der Waals surface area contributed by atoms with Crippen molar-refractivity contribution in [2.24, 2.45) is 10.9 Å². The predicted octanol–water partition coefficient (Wildman–Crippen LogP) is 2.83. The summed E-state index contributed by atoms with van der Waals surface area (Å²) in [7, 11) is 1.78. The van der Waals surface area contributed by atoms with Gasteiger partial charge in [0.25, 0.3) is 0 Å². The van der Waals surface area contributed by atoms with Crippen LogP contribution in [-0.4, -0.2) is 55.7 Å². The number of rotatable bonds is 6. The highest BCUT2D eigenvalue weighted by molar-refractivity contribution is 7.19. The minimum Gasteiger partial charge on any atom is -0.386 e. The second-order valence-electron chi connectivity index (χ2n) is 6.94. The summed E-state index contributed by atoms with van der Waals surface area (Å²) in [6.45, 7) is 7.12. The summed E-state index contributed by atoms with van der Waals surface area (Å²) in [5.41, 5.74) is 0. The zero-order chi connectivity index (χ0) is 18.4. The van der Waals surface area contributed by atoms with Gasteiger partial charge in [-0.15, -0.1) is 11.3 Å². The number of nitrogens with one attached hydrogen (secondary N) is 2. The lowest BCUT2D eigenvalue weighted by Gasteiger charge is -2.32. The van der Waals surface area contributed by atoms with Crippen molar-refractivity contribution in [3.05, 3.63) is 35.2 Å². The Morgan fingerprint density at radius 1 is 1.38 bits per heavy atom. The van der Waals surface area contributed by atoms with Gasteiger partial charge in [0.15, 0.2) is 5.96 Å². The van der Waals surface area contributed by atoms with Gasteiger partial charge < -0.3 is 20.6 Å². The summed E-state index contributed by atoms with van der Waals surface area (Å²) in [5, 5.41) is 18.4. The van der Waals surface area contributed by atoms with E-state index in [1.165, 1.54) is 29.5 Å². The quantitative estimate of drug-likeness (QED) is 0.538. The molecule has 2 heterocycles. The van der Waals surface area contributed by atoms with Gasteiger partial charge >= 0.3 is 0 Å². The van der Waals surface area contributed by atoms with E-state index < -0.39 is 6.10 Å². The molecule has 26 heavy (non-hydrogen) atoms. The second kappa shape index (κ2) is 9.35. The molecule has 0 bridgehead atoms. The van der Waals surface area contributed by atoms with Crippen LogP contribution in [0, 0.1) is 5.92 Å². The standard InChI is InChI=1S/C20H30N4OS/c1-3-24-10-6-7-15(14-24)12-22-20(21-2)23-13-17(25)19-11-16-8-4-5-9-18(16)26-19/h4-5,8-9,11,15,17,25H,3,6-7,10,12-14H2,1-2H3,(H2,21,22,23). The molecule has 6 heteroatoms. The molecule has 1 aromatic carbocycles. The SMILES string of the molecule is CCN1CCCC(CNC(=NC)NCC(O)c2cc3ccccc3s2)C1. The molecule has 0 radical (unpaired) electrons. The van der Waals surface area contributed by atoms with Crippen molar-refractivity contribution in [3.8, 4) is 0 Å². The Hall–Kier alpha value is -1.63. The number of guanidine groups is 1. The van der Waals surface area contributed by atoms with Gasteiger partial charge in [-0.3, -0.25) is 4.99 Å². The highest BCUT2D eigenvalue weighted by Gasteiger charge is 2.19. The molecule has 0 amide bonds. The van der Waals surface area contributed by atoms with E-state index in [2.05, 4.69) is 45.6 Å². The van der Waals surface area contributed by atoms with E-state index in [1.54, 1.807) is 18.4 Å². The summed E-state index contributed by atoms with van der Waals surface area (Å²) in [6, 6.07) is 10.3. The summed E-state index contributed by atoms with van der Waals surface area (Å²) >= 11 is 1.65. The Kier molecular flexibility index (Phi) is 6.88. The molecule has 5 nitrogen and oxygen atoms in total. The van der Waals surface area contributed by atoms with E-state index in [1.807, 2.05) is 12.1 Å². The molecule has 2 aromatic rings. The smallest absolute Gasteiger partial charge is 0.191 e. The molecule has 1 fully saturated rings. The molecule has 0 spiro atoms. The van der Waals surface area contributed by atoms with Crippen LogP contribution >= 0.6 is 11.3 Å². The highest BCUT2D eigenvalue weighted by Crippen LogP contribution is 2.29. The first-order chi connectivity index (χ1) is 12.7. The number of hydrogen-bond donors (Lipinski definition) is 3. The molecule has 3 N–H and O–H groups in total. The van der Waals surface area contributed by atoms with Crippen LogP contribution in [0.1, 0.15) is 30.7 Å². The lowest BCUT2D eigenvalue weighted by Crippen LogP contribution is -2.45. The zero-order valence-corrected chi connectivity index (χ0v) is 16.6. The van der Waals surface area contributed by atoms with E-state index in [-0.39, 0.29) is 0 Å². The maximum absolute atomic E-state index is 10.5. The van der Waals surface area contributed by atoms with Crippen molar-refractivity contribution >= 4 is 27.4 Å². The van der Waals surface area contributed by atoms with Crippen molar-refractivity contribution in [1.82, 2.24) is 15.5 Å². The minimum absolute atomic E-state index is 0.457. The van der Waals surface area contributed by atoms with Crippen LogP contribution in [0.3, 0.4) is 0 Å². The fraction of sp³-hybridized carbons (Fsp3) is 0.550. The minimum atomic E-state index is -0.531. The molecule has 0 aliphatic carbocycles. The summed E-state index contributed by atoms with van der Waals surface area (Å²) in [4.78, 5) is 7.79. The van der Waals surface area contributed by atoms with Crippen molar-refractivity contribution in [2.75, 3.05) is 39.8 Å². The largest absolute Gasteiger partial charge is 0.386 e. The first kappa shape index (κ1) is 19.1. The number of aliphatic imine (C=N–C) groups is 1. The van der Waals surface area contributed by atoms with E-state index >= 15 is 0 Å². The third kappa shape index (κ3) is 4.96. The van der Waals surface area contributed by atoms with Crippen LogP contribution in [-0.2, 0) is 0 Å². The van der Waals surface area contributed by atoms with Gasteiger partial charge in [-0.05, 0) is 49.4 Å². The Labute approximate surface area is 160 Å². The maximum Gasteiger partial charge on any atom is 0.191 e. The molecule has 0 saturated carbocycles. The predicted molar refractivity (Wildman–Crippen MR) is 111 cm³/mol.